The first-order valence-corrected chi connectivity index (χ1v) is 8.46. The van der Waals surface area contributed by atoms with Crippen molar-refractivity contribution in [1.29, 1.82) is 0 Å². The Balaban J connectivity index is 2.54. The third kappa shape index (κ3) is 5.71. The lowest BCUT2D eigenvalue weighted by molar-refractivity contribution is -0.120. The lowest BCUT2D eigenvalue weighted by atomic mass is 10.1. The summed E-state index contributed by atoms with van der Waals surface area (Å²) < 4.78 is 28.4. The van der Waals surface area contributed by atoms with Gasteiger partial charge in [-0.2, -0.15) is 0 Å². The highest BCUT2D eigenvalue weighted by Crippen LogP contribution is 2.15. The maximum Gasteiger partial charge on any atom is 0.224 e. The van der Waals surface area contributed by atoms with Crippen molar-refractivity contribution in [2.24, 2.45) is 0 Å². The molecular weight excluding hydrogens is 278 g/mol. The van der Waals surface area contributed by atoms with Crippen LogP contribution in [0.25, 0.3) is 0 Å². The molecule has 5 nitrogen and oxygen atoms in total. The number of amides is 1. The topological polar surface area (TPSA) is 72.5 Å². The third-order valence-corrected chi connectivity index (χ3v) is 3.91. The van der Waals surface area contributed by atoms with Gasteiger partial charge in [-0.05, 0) is 25.0 Å². The van der Waals surface area contributed by atoms with E-state index >= 15 is 0 Å². The van der Waals surface area contributed by atoms with Crippen molar-refractivity contribution in [2.75, 3.05) is 26.0 Å². The van der Waals surface area contributed by atoms with Crippen LogP contribution in [0.15, 0.2) is 29.2 Å². The standard InChI is InChI=1S/C14H21NO4S/c1-3-19-10-6-9-15-14(16)11-12-7-4-5-8-13(12)20(2,17)18/h4-5,7-8H,3,6,9-11H2,1-2H3,(H,15,16). The summed E-state index contributed by atoms with van der Waals surface area (Å²) in [6.07, 6.45) is 1.96. The van der Waals surface area contributed by atoms with E-state index in [1.165, 1.54) is 6.07 Å². The molecule has 0 saturated carbocycles. The van der Waals surface area contributed by atoms with Crippen LogP contribution in [0.2, 0.25) is 0 Å². The average Bonchev–Trinajstić information content (AvgIpc) is 2.38. The molecule has 0 spiro atoms. The molecule has 112 valence electrons. The fraction of sp³-hybridized carbons (Fsp3) is 0.500. The smallest absolute Gasteiger partial charge is 0.224 e. The van der Waals surface area contributed by atoms with Crippen LogP contribution in [-0.4, -0.2) is 40.3 Å². The Morgan fingerprint density at radius 3 is 2.65 bits per heavy atom. The fourth-order valence-corrected chi connectivity index (χ4v) is 2.74. The molecule has 0 aromatic heterocycles. The average molecular weight is 299 g/mol. The van der Waals surface area contributed by atoms with Crippen molar-refractivity contribution < 1.29 is 17.9 Å². The Labute approximate surface area is 120 Å². The Kier molecular flexibility index (Phi) is 6.67. The second-order valence-corrected chi connectivity index (χ2v) is 6.44. The number of sulfone groups is 1. The highest BCUT2D eigenvalue weighted by atomic mass is 32.2. The van der Waals surface area contributed by atoms with E-state index in [2.05, 4.69) is 5.32 Å². The van der Waals surface area contributed by atoms with Crippen LogP contribution in [-0.2, 0) is 25.8 Å². The minimum atomic E-state index is -3.31. The molecule has 6 heteroatoms. The summed E-state index contributed by atoms with van der Waals surface area (Å²) in [6, 6.07) is 6.56. The van der Waals surface area contributed by atoms with Gasteiger partial charge in [0.1, 0.15) is 0 Å². The molecule has 0 aliphatic carbocycles. The highest BCUT2D eigenvalue weighted by molar-refractivity contribution is 7.90. The molecule has 1 amide bonds. The van der Waals surface area contributed by atoms with Gasteiger partial charge in [0.25, 0.3) is 0 Å². The summed E-state index contributed by atoms with van der Waals surface area (Å²) >= 11 is 0. The van der Waals surface area contributed by atoms with E-state index < -0.39 is 9.84 Å². The first-order chi connectivity index (χ1) is 9.45. The minimum absolute atomic E-state index is 0.0673. The van der Waals surface area contributed by atoms with Gasteiger partial charge in [-0.3, -0.25) is 4.79 Å². The second-order valence-electron chi connectivity index (χ2n) is 4.46. The van der Waals surface area contributed by atoms with Gasteiger partial charge >= 0.3 is 0 Å². The van der Waals surface area contributed by atoms with Crippen LogP contribution >= 0.6 is 0 Å². The van der Waals surface area contributed by atoms with E-state index in [9.17, 15) is 13.2 Å². The SMILES string of the molecule is CCOCCCNC(=O)Cc1ccccc1S(C)(=O)=O. The molecule has 0 saturated heterocycles. The number of hydrogen-bond donors (Lipinski definition) is 1. The summed E-state index contributed by atoms with van der Waals surface area (Å²) in [5, 5.41) is 2.75. The van der Waals surface area contributed by atoms with E-state index in [1.807, 2.05) is 6.92 Å². The molecule has 0 bridgehead atoms. The van der Waals surface area contributed by atoms with Crippen LogP contribution in [0.1, 0.15) is 18.9 Å². The fourth-order valence-electron chi connectivity index (χ4n) is 1.79. The summed E-state index contributed by atoms with van der Waals surface area (Å²) in [4.78, 5) is 12.0. The molecule has 1 aromatic rings. The molecule has 0 aliphatic rings. The van der Waals surface area contributed by atoms with Gasteiger partial charge in [0.05, 0.1) is 11.3 Å². The van der Waals surface area contributed by atoms with Crippen LogP contribution in [0.5, 0.6) is 0 Å². The number of rotatable bonds is 8. The lowest BCUT2D eigenvalue weighted by Gasteiger charge is -2.08. The van der Waals surface area contributed by atoms with Gasteiger partial charge in [-0.15, -0.1) is 0 Å². The van der Waals surface area contributed by atoms with E-state index in [-0.39, 0.29) is 17.2 Å². The molecule has 0 unspecified atom stereocenters. The Bertz CT molecular complexity index is 540. The summed E-state index contributed by atoms with van der Waals surface area (Å²) in [5.74, 6) is -0.183. The van der Waals surface area contributed by atoms with E-state index in [1.54, 1.807) is 18.2 Å². The highest BCUT2D eigenvalue weighted by Gasteiger charge is 2.14. The molecule has 0 atom stereocenters. The van der Waals surface area contributed by atoms with Gasteiger partial charge in [-0.1, -0.05) is 18.2 Å². The maximum atomic E-state index is 11.8. The number of carbonyl (C=O) groups is 1. The summed E-state index contributed by atoms with van der Waals surface area (Å²) in [7, 11) is -3.31. The van der Waals surface area contributed by atoms with Gasteiger partial charge in [0, 0.05) is 26.0 Å². The van der Waals surface area contributed by atoms with Crippen LogP contribution in [0.4, 0.5) is 0 Å². The summed E-state index contributed by atoms with van der Waals surface area (Å²) in [6.45, 7) is 3.72. The molecule has 1 rings (SSSR count). The van der Waals surface area contributed by atoms with E-state index in [4.69, 9.17) is 4.74 Å². The van der Waals surface area contributed by atoms with Gasteiger partial charge in [-0.25, -0.2) is 8.42 Å². The van der Waals surface area contributed by atoms with Crippen molar-refractivity contribution in [1.82, 2.24) is 5.32 Å². The Morgan fingerprint density at radius 1 is 1.30 bits per heavy atom. The van der Waals surface area contributed by atoms with Crippen molar-refractivity contribution in [3.8, 4) is 0 Å². The Hall–Kier alpha value is -1.40. The first-order valence-electron chi connectivity index (χ1n) is 6.57. The van der Waals surface area contributed by atoms with Crippen molar-refractivity contribution >= 4 is 15.7 Å². The van der Waals surface area contributed by atoms with Gasteiger partial charge < -0.3 is 10.1 Å². The van der Waals surface area contributed by atoms with Crippen LogP contribution in [0.3, 0.4) is 0 Å². The molecule has 0 radical (unpaired) electrons. The van der Waals surface area contributed by atoms with Gasteiger partial charge in [0.15, 0.2) is 9.84 Å². The second kappa shape index (κ2) is 8.01. The van der Waals surface area contributed by atoms with E-state index in [0.29, 0.717) is 25.3 Å². The lowest BCUT2D eigenvalue weighted by Crippen LogP contribution is -2.27. The predicted octanol–water partition coefficient (Wildman–Crippen LogP) is 1.18. The van der Waals surface area contributed by atoms with Crippen molar-refractivity contribution in [3.63, 3.8) is 0 Å². The van der Waals surface area contributed by atoms with E-state index in [0.717, 1.165) is 12.7 Å². The zero-order valence-corrected chi connectivity index (χ0v) is 12.7. The van der Waals surface area contributed by atoms with Crippen LogP contribution in [0, 0.1) is 0 Å². The largest absolute Gasteiger partial charge is 0.382 e. The molecule has 20 heavy (non-hydrogen) atoms. The molecule has 0 heterocycles. The number of hydrogen-bond acceptors (Lipinski definition) is 4. The predicted molar refractivity (Wildman–Crippen MR) is 77.4 cm³/mol. The monoisotopic (exact) mass is 299 g/mol. The van der Waals surface area contributed by atoms with Crippen molar-refractivity contribution in [2.45, 2.75) is 24.7 Å². The van der Waals surface area contributed by atoms with Crippen LogP contribution < -0.4 is 5.32 Å². The zero-order chi connectivity index (χ0) is 15.0. The number of benzene rings is 1. The number of nitrogens with one attached hydrogen (secondary N) is 1. The minimum Gasteiger partial charge on any atom is -0.382 e. The number of ether oxygens (including phenoxy) is 1. The third-order valence-electron chi connectivity index (χ3n) is 2.71. The first kappa shape index (κ1) is 16.7. The normalized spacial score (nSPS) is 11.3. The molecule has 0 fully saturated rings. The molecule has 0 aliphatic heterocycles. The molecule has 1 N–H and O–H groups in total. The summed E-state index contributed by atoms with van der Waals surface area (Å²) in [5.41, 5.74) is 0.525. The zero-order valence-electron chi connectivity index (χ0n) is 11.9. The van der Waals surface area contributed by atoms with Gasteiger partial charge in [0.2, 0.25) is 5.91 Å². The Morgan fingerprint density at radius 2 is 2.00 bits per heavy atom. The number of carbonyl (C=O) groups excluding carboxylic acids is 1. The molecular formula is C14H21NO4S. The maximum absolute atomic E-state index is 11.8. The molecule has 1 aromatic carbocycles. The quantitative estimate of drug-likeness (QED) is 0.732. The van der Waals surface area contributed by atoms with Crippen molar-refractivity contribution in [3.05, 3.63) is 29.8 Å².